The van der Waals surface area contributed by atoms with E-state index in [4.69, 9.17) is 16.9 Å². The standard InChI is InChI=1S/C17H21ClN2/c1-11(2)7-13-9-17(18)16(10-20)15(8-12(3)4)14(13)5-6-19/h9,11-12H,5,7-8H2,1-4H3. The Morgan fingerprint density at radius 2 is 1.65 bits per heavy atom. The zero-order chi connectivity index (χ0) is 15.3. The van der Waals surface area contributed by atoms with Crippen LogP contribution in [0.5, 0.6) is 0 Å². The van der Waals surface area contributed by atoms with E-state index in [-0.39, 0.29) is 0 Å². The molecule has 1 rings (SSSR count). The smallest absolute Gasteiger partial charge is 0.101 e. The Morgan fingerprint density at radius 1 is 1.05 bits per heavy atom. The van der Waals surface area contributed by atoms with Crippen LogP contribution in [0.4, 0.5) is 0 Å². The molecule has 0 saturated carbocycles. The van der Waals surface area contributed by atoms with Crippen molar-refractivity contribution < 1.29 is 0 Å². The number of hydrogen-bond acceptors (Lipinski definition) is 2. The minimum Gasteiger partial charge on any atom is -0.198 e. The van der Waals surface area contributed by atoms with Gasteiger partial charge in [-0.3, -0.25) is 0 Å². The molecule has 1 aromatic rings. The Kier molecular flexibility index (Phi) is 6.05. The van der Waals surface area contributed by atoms with Crippen molar-refractivity contribution in [3.63, 3.8) is 0 Å². The molecular weight excluding hydrogens is 268 g/mol. The van der Waals surface area contributed by atoms with Gasteiger partial charge in [0.1, 0.15) is 6.07 Å². The second-order valence-electron chi connectivity index (χ2n) is 5.99. The van der Waals surface area contributed by atoms with Crippen LogP contribution in [-0.4, -0.2) is 0 Å². The summed E-state index contributed by atoms with van der Waals surface area (Å²) in [6.07, 6.45) is 2.01. The van der Waals surface area contributed by atoms with Gasteiger partial charge in [0.25, 0.3) is 0 Å². The van der Waals surface area contributed by atoms with Crippen molar-refractivity contribution in [1.29, 1.82) is 10.5 Å². The molecule has 0 amide bonds. The first-order valence-corrected chi connectivity index (χ1v) is 7.38. The topological polar surface area (TPSA) is 47.6 Å². The lowest BCUT2D eigenvalue weighted by Gasteiger charge is -2.18. The summed E-state index contributed by atoms with van der Waals surface area (Å²) in [5.41, 5.74) is 3.63. The van der Waals surface area contributed by atoms with Crippen molar-refractivity contribution in [3.05, 3.63) is 33.3 Å². The van der Waals surface area contributed by atoms with E-state index in [9.17, 15) is 5.26 Å². The van der Waals surface area contributed by atoms with Gasteiger partial charge in [-0.15, -0.1) is 0 Å². The zero-order valence-electron chi connectivity index (χ0n) is 12.6. The van der Waals surface area contributed by atoms with Crippen LogP contribution in [-0.2, 0) is 19.3 Å². The van der Waals surface area contributed by atoms with Crippen molar-refractivity contribution in [3.8, 4) is 12.1 Å². The Balaban J connectivity index is 3.51. The van der Waals surface area contributed by atoms with Crippen LogP contribution in [0.3, 0.4) is 0 Å². The van der Waals surface area contributed by atoms with E-state index in [0.717, 1.165) is 29.5 Å². The van der Waals surface area contributed by atoms with E-state index >= 15 is 0 Å². The molecule has 0 aromatic heterocycles. The summed E-state index contributed by atoms with van der Waals surface area (Å²) in [5.74, 6) is 0.910. The summed E-state index contributed by atoms with van der Waals surface area (Å²) >= 11 is 6.27. The van der Waals surface area contributed by atoms with Gasteiger partial charge in [0, 0.05) is 0 Å². The lowest BCUT2D eigenvalue weighted by Crippen LogP contribution is -2.09. The molecule has 0 aliphatic heterocycles. The van der Waals surface area contributed by atoms with Crippen LogP contribution < -0.4 is 0 Å². The predicted octanol–water partition coefficient (Wildman–Crippen LogP) is 4.67. The second-order valence-corrected chi connectivity index (χ2v) is 6.40. The molecule has 0 unspecified atom stereocenters. The highest BCUT2D eigenvalue weighted by Gasteiger charge is 2.18. The average Bonchev–Trinajstić information content (AvgIpc) is 2.32. The van der Waals surface area contributed by atoms with Gasteiger partial charge < -0.3 is 0 Å². The molecule has 20 heavy (non-hydrogen) atoms. The Labute approximate surface area is 127 Å². The Bertz CT molecular complexity index is 560. The largest absolute Gasteiger partial charge is 0.198 e. The maximum Gasteiger partial charge on any atom is 0.101 e. The van der Waals surface area contributed by atoms with Crippen molar-refractivity contribution in [2.24, 2.45) is 11.8 Å². The lowest BCUT2D eigenvalue weighted by molar-refractivity contribution is 0.629. The molecular formula is C17H21ClN2. The van der Waals surface area contributed by atoms with Crippen LogP contribution in [0.25, 0.3) is 0 Å². The molecule has 0 fully saturated rings. The number of hydrogen-bond donors (Lipinski definition) is 0. The van der Waals surface area contributed by atoms with Crippen molar-refractivity contribution in [1.82, 2.24) is 0 Å². The molecule has 0 bridgehead atoms. The Hall–Kier alpha value is -1.51. The number of halogens is 1. The molecule has 0 heterocycles. The maximum atomic E-state index is 9.36. The summed E-state index contributed by atoms with van der Waals surface area (Å²) in [6.45, 7) is 8.51. The molecule has 0 radical (unpaired) electrons. The highest BCUT2D eigenvalue weighted by molar-refractivity contribution is 6.32. The molecule has 0 N–H and O–H groups in total. The number of benzene rings is 1. The van der Waals surface area contributed by atoms with Crippen LogP contribution in [0.15, 0.2) is 6.07 Å². The minimum atomic E-state index is 0.343. The fraction of sp³-hybridized carbons (Fsp3) is 0.529. The van der Waals surface area contributed by atoms with E-state index in [1.165, 1.54) is 0 Å². The molecule has 1 aromatic carbocycles. The van der Waals surface area contributed by atoms with Crippen LogP contribution in [0.1, 0.15) is 49.9 Å². The zero-order valence-corrected chi connectivity index (χ0v) is 13.4. The van der Waals surface area contributed by atoms with Gasteiger partial charge in [-0.25, -0.2) is 0 Å². The normalized spacial score (nSPS) is 10.7. The van der Waals surface area contributed by atoms with Crippen LogP contribution in [0.2, 0.25) is 5.02 Å². The van der Waals surface area contributed by atoms with Gasteiger partial charge in [0.15, 0.2) is 0 Å². The molecule has 0 spiro atoms. The van der Waals surface area contributed by atoms with E-state index in [1.54, 1.807) is 0 Å². The second kappa shape index (κ2) is 7.32. The van der Waals surface area contributed by atoms with E-state index in [2.05, 4.69) is 39.8 Å². The Morgan fingerprint density at radius 3 is 2.10 bits per heavy atom. The van der Waals surface area contributed by atoms with Gasteiger partial charge in [-0.1, -0.05) is 39.3 Å². The quantitative estimate of drug-likeness (QED) is 0.790. The van der Waals surface area contributed by atoms with E-state index in [0.29, 0.717) is 28.8 Å². The number of nitriles is 2. The van der Waals surface area contributed by atoms with Gasteiger partial charge >= 0.3 is 0 Å². The van der Waals surface area contributed by atoms with Gasteiger partial charge in [-0.2, -0.15) is 10.5 Å². The molecule has 106 valence electrons. The summed E-state index contributed by atoms with van der Waals surface area (Å²) < 4.78 is 0. The third kappa shape index (κ3) is 3.99. The van der Waals surface area contributed by atoms with Gasteiger partial charge in [0.05, 0.1) is 23.1 Å². The summed E-state index contributed by atoms with van der Waals surface area (Å²) in [6, 6.07) is 6.31. The van der Waals surface area contributed by atoms with Gasteiger partial charge in [0.2, 0.25) is 0 Å². The van der Waals surface area contributed by atoms with Crippen molar-refractivity contribution in [2.75, 3.05) is 0 Å². The SMILES string of the molecule is CC(C)Cc1cc(Cl)c(C#N)c(CC(C)C)c1CC#N. The number of rotatable bonds is 5. The minimum absolute atomic E-state index is 0.343. The summed E-state index contributed by atoms with van der Waals surface area (Å²) in [5, 5.41) is 19.0. The molecule has 0 saturated heterocycles. The maximum absolute atomic E-state index is 9.36. The molecule has 2 nitrogen and oxygen atoms in total. The fourth-order valence-corrected chi connectivity index (χ4v) is 2.76. The van der Waals surface area contributed by atoms with E-state index in [1.807, 2.05) is 6.07 Å². The summed E-state index contributed by atoms with van der Waals surface area (Å²) in [7, 11) is 0. The predicted molar refractivity (Wildman–Crippen MR) is 82.6 cm³/mol. The van der Waals surface area contributed by atoms with Crippen LogP contribution >= 0.6 is 11.6 Å². The highest BCUT2D eigenvalue weighted by Crippen LogP contribution is 2.30. The average molecular weight is 289 g/mol. The third-order valence-electron chi connectivity index (χ3n) is 3.20. The van der Waals surface area contributed by atoms with E-state index < -0.39 is 0 Å². The summed E-state index contributed by atoms with van der Waals surface area (Å²) in [4.78, 5) is 0. The van der Waals surface area contributed by atoms with Crippen molar-refractivity contribution in [2.45, 2.75) is 47.0 Å². The number of nitrogens with zero attached hydrogens (tertiary/aromatic N) is 2. The van der Waals surface area contributed by atoms with Gasteiger partial charge in [-0.05, 0) is 47.4 Å². The molecule has 0 aliphatic carbocycles. The monoisotopic (exact) mass is 288 g/mol. The highest BCUT2D eigenvalue weighted by atomic mass is 35.5. The first kappa shape index (κ1) is 16.5. The first-order chi connectivity index (χ1) is 9.40. The first-order valence-electron chi connectivity index (χ1n) is 7.00. The van der Waals surface area contributed by atoms with Crippen molar-refractivity contribution >= 4 is 11.6 Å². The lowest BCUT2D eigenvalue weighted by atomic mass is 9.86. The molecule has 0 atom stereocenters. The van der Waals surface area contributed by atoms with Crippen LogP contribution in [0, 0.1) is 34.5 Å². The molecule has 0 aliphatic rings. The fourth-order valence-electron chi connectivity index (χ4n) is 2.48. The third-order valence-corrected chi connectivity index (χ3v) is 3.50. The molecule has 3 heteroatoms.